The Kier molecular flexibility index (Phi) is 5.15. The number of carboxylic acid groups (broad SMARTS) is 1. The van der Waals surface area contributed by atoms with E-state index >= 15 is 0 Å². The highest BCUT2D eigenvalue weighted by molar-refractivity contribution is 5.90. The number of carbonyl (C=O) groups is 1. The highest BCUT2D eigenvalue weighted by Crippen LogP contribution is 2.26. The Morgan fingerprint density at radius 2 is 2.00 bits per heavy atom. The van der Waals surface area contributed by atoms with Gasteiger partial charge in [0, 0.05) is 6.04 Å². The van der Waals surface area contributed by atoms with Gasteiger partial charge in [-0.25, -0.2) is 9.18 Å². The van der Waals surface area contributed by atoms with Crippen molar-refractivity contribution in [2.24, 2.45) is 5.92 Å². The molecule has 19 heavy (non-hydrogen) atoms. The van der Waals surface area contributed by atoms with E-state index in [4.69, 9.17) is 10.8 Å². The zero-order valence-corrected chi connectivity index (χ0v) is 11.5. The van der Waals surface area contributed by atoms with Crippen molar-refractivity contribution >= 4 is 17.3 Å². The lowest BCUT2D eigenvalue weighted by Crippen LogP contribution is -2.25. The molecule has 1 atom stereocenters. The van der Waals surface area contributed by atoms with Crippen LogP contribution >= 0.6 is 0 Å². The van der Waals surface area contributed by atoms with E-state index in [1.165, 1.54) is 0 Å². The van der Waals surface area contributed by atoms with Crippen molar-refractivity contribution in [2.75, 3.05) is 11.1 Å². The summed E-state index contributed by atoms with van der Waals surface area (Å²) in [6, 6.07) is 2.45. The number of benzene rings is 1. The highest BCUT2D eigenvalue weighted by atomic mass is 19.1. The van der Waals surface area contributed by atoms with Crippen molar-refractivity contribution in [1.29, 1.82) is 0 Å². The van der Waals surface area contributed by atoms with Crippen LogP contribution in [0.5, 0.6) is 0 Å². The molecule has 0 amide bonds. The van der Waals surface area contributed by atoms with Crippen LogP contribution < -0.4 is 11.1 Å². The Balaban J connectivity index is 2.97. The molecule has 1 aromatic carbocycles. The van der Waals surface area contributed by atoms with E-state index in [-0.39, 0.29) is 11.7 Å². The Morgan fingerprint density at radius 3 is 2.47 bits per heavy atom. The van der Waals surface area contributed by atoms with Crippen LogP contribution in [0.3, 0.4) is 0 Å². The maximum absolute atomic E-state index is 13.6. The monoisotopic (exact) mass is 268 g/mol. The van der Waals surface area contributed by atoms with Gasteiger partial charge in [0.25, 0.3) is 0 Å². The molecule has 1 unspecified atom stereocenters. The van der Waals surface area contributed by atoms with Crippen LogP contribution in [-0.4, -0.2) is 17.1 Å². The Hall–Kier alpha value is -1.78. The number of halogens is 1. The Morgan fingerprint density at radius 1 is 1.42 bits per heavy atom. The molecule has 4 N–H and O–H groups in total. The second-order valence-electron chi connectivity index (χ2n) is 4.73. The molecular formula is C14H21FN2O2. The van der Waals surface area contributed by atoms with Gasteiger partial charge in [-0.3, -0.25) is 0 Å². The predicted octanol–water partition coefficient (Wildman–Crippen LogP) is 3.34. The molecule has 0 aliphatic rings. The van der Waals surface area contributed by atoms with Crippen LogP contribution in [0.1, 0.15) is 44.0 Å². The van der Waals surface area contributed by atoms with Gasteiger partial charge >= 0.3 is 5.97 Å². The molecular weight excluding hydrogens is 247 g/mol. The van der Waals surface area contributed by atoms with E-state index < -0.39 is 17.3 Å². The fourth-order valence-corrected chi connectivity index (χ4v) is 2.24. The van der Waals surface area contributed by atoms with Crippen molar-refractivity contribution in [3.8, 4) is 0 Å². The smallest absolute Gasteiger partial charge is 0.338 e. The van der Waals surface area contributed by atoms with Gasteiger partial charge in [-0.2, -0.15) is 0 Å². The SMILES string of the molecule is CCC(CC)C(C)Nc1cc(F)c(C(=O)O)cc1N. The molecule has 0 saturated heterocycles. The van der Waals surface area contributed by atoms with E-state index in [1.807, 2.05) is 6.92 Å². The third-order valence-electron chi connectivity index (χ3n) is 3.51. The lowest BCUT2D eigenvalue weighted by atomic mass is 9.95. The van der Waals surface area contributed by atoms with Crippen LogP contribution in [0.4, 0.5) is 15.8 Å². The molecule has 0 aliphatic carbocycles. The van der Waals surface area contributed by atoms with Crippen LogP contribution in [0.2, 0.25) is 0 Å². The second kappa shape index (κ2) is 6.41. The first-order valence-corrected chi connectivity index (χ1v) is 6.49. The molecule has 106 valence electrons. The van der Waals surface area contributed by atoms with Crippen molar-refractivity contribution < 1.29 is 14.3 Å². The van der Waals surface area contributed by atoms with Crippen LogP contribution in [-0.2, 0) is 0 Å². The second-order valence-corrected chi connectivity index (χ2v) is 4.73. The van der Waals surface area contributed by atoms with Gasteiger partial charge in [0.1, 0.15) is 5.82 Å². The van der Waals surface area contributed by atoms with E-state index in [0.29, 0.717) is 11.6 Å². The first-order chi connectivity index (χ1) is 8.90. The van der Waals surface area contributed by atoms with E-state index in [1.54, 1.807) is 0 Å². The molecule has 1 aromatic rings. The molecule has 0 heterocycles. The third kappa shape index (κ3) is 3.59. The summed E-state index contributed by atoms with van der Waals surface area (Å²) in [5.74, 6) is -1.63. The number of nitrogens with two attached hydrogens (primary N) is 1. The number of nitrogen functional groups attached to an aromatic ring is 1. The van der Waals surface area contributed by atoms with Crippen molar-refractivity contribution in [1.82, 2.24) is 0 Å². The summed E-state index contributed by atoms with van der Waals surface area (Å²) in [5, 5.41) is 12.0. The average molecular weight is 268 g/mol. The topological polar surface area (TPSA) is 75.3 Å². The molecule has 0 saturated carbocycles. The molecule has 0 aliphatic heterocycles. The van der Waals surface area contributed by atoms with Crippen molar-refractivity contribution in [3.63, 3.8) is 0 Å². The molecule has 1 rings (SSSR count). The van der Waals surface area contributed by atoms with Gasteiger partial charge in [0.05, 0.1) is 16.9 Å². The first-order valence-electron chi connectivity index (χ1n) is 6.49. The predicted molar refractivity (Wildman–Crippen MR) is 74.9 cm³/mol. The summed E-state index contributed by atoms with van der Waals surface area (Å²) >= 11 is 0. The van der Waals surface area contributed by atoms with E-state index in [2.05, 4.69) is 19.2 Å². The van der Waals surface area contributed by atoms with Gasteiger partial charge in [-0.05, 0) is 25.0 Å². The summed E-state index contributed by atoms with van der Waals surface area (Å²) in [7, 11) is 0. The Labute approximate surface area is 112 Å². The van der Waals surface area contributed by atoms with Gasteiger partial charge in [0.15, 0.2) is 0 Å². The van der Waals surface area contributed by atoms with Crippen molar-refractivity contribution in [3.05, 3.63) is 23.5 Å². The van der Waals surface area contributed by atoms with Crippen LogP contribution in [0.15, 0.2) is 12.1 Å². The number of hydrogen-bond acceptors (Lipinski definition) is 3. The summed E-state index contributed by atoms with van der Waals surface area (Å²) in [4.78, 5) is 10.8. The molecule has 0 bridgehead atoms. The average Bonchev–Trinajstić information content (AvgIpc) is 2.34. The van der Waals surface area contributed by atoms with Gasteiger partial charge in [0.2, 0.25) is 0 Å². The minimum absolute atomic E-state index is 0.146. The fourth-order valence-electron chi connectivity index (χ4n) is 2.24. The molecule has 0 radical (unpaired) electrons. The molecule has 5 heteroatoms. The molecule has 0 aromatic heterocycles. The summed E-state index contributed by atoms with van der Waals surface area (Å²) in [6.45, 7) is 6.22. The quantitative estimate of drug-likeness (QED) is 0.692. The number of rotatable bonds is 6. The minimum atomic E-state index is -1.32. The molecule has 4 nitrogen and oxygen atoms in total. The largest absolute Gasteiger partial charge is 0.478 e. The highest BCUT2D eigenvalue weighted by Gasteiger charge is 2.17. The zero-order valence-electron chi connectivity index (χ0n) is 11.5. The van der Waals surface area contributed by atoms with Gasteiger partial charge in [-0.15, -0.1) is 0 Å². The summed E-state index contributed by atoms with van der Waals surface area (Å²) < 4.78 is 13.6. The molecule has 0 spiro atoms. The number of hydrogen-bond donors (Lipinski definition) is 3. The normalized spacial score (nSPS) is 12.5. The first kappa shape index (κ1) is 15.3. The zero-order chi connectivity index (χ0) is 14.6. The van der Waals surface area contributed by atoms with Gasteiger partial charge in [-0.1, -0.05) is 26.7 Å². The number of aromatic carboxylic acids is 1. The summed E-state index contributed by atoms with van der Waals surface area (Å²) in [5.41, 5.74) is 6.06. The third-order valence-corrected chi connectivity index (χ3v) is 3.51. The number of nitrogens with one attached hydrogen (secondary N) is 1. The number of anilines is 2. The molecule has 0 fully saturated rings. The standard InChI is InChI=1S/C14H21FN2O2/c1-4-9(5-2)8(3)17-13-7-11(15)10(14(18)19)6-12(13)16/h6-9,17H,4-5,16H2,1-3H3,(H,18,19). The maximum atomic E-state index is 13.6. The van der Waals surface area contributed by atoms with Crippen LogP contribution in [0.25, 0.3) is 0 Å². The van der Waals surface area contributed by atoms with Crippen molar-refractivity contribution in [2.45, 2.75) is 39.7 Å². The van der Waals surface area contributed by atoms with Crippen LogP contribution in [0, 0.1) is 11.7 Å². The summed E-state index contributed by atoms with van der Waals surface area (Å²) in [6.07, 6.45) is 2.03. The van der Waals surface area contributed by atoms with E-state index in [0.717, 1.165) is 25.0 Å². The fraction of sp³-hybridized carbons (Fsp3) is 0.500. The lowest BCUT2D eigenvalue weighted by molar-refractivity contribution is 0.0692. The van der Waals surface area contributed by atoms with E-state index in [9.17, 15) is 9.18 Å². The van der Waals surface area contributed by atoms with Gasteiger partial charge < -0.3 is 16.2 Å². The minimum Gasteiger partial charge on any atom is -0.478 e. The Bertz CT molecular complexity index is 459. The lowest BCUT2D eigenvalue weighted by Gasteiger charge is -2.24. The maximum Gasteiger partial charge on any atom is 0.338 e. The number of carboxylic acids is 1.